The highest BCUT2D eigenvalue weighted by Crippen LogP contribution is 2.44. The molecular weight excluding hydrogens is 627 g/mol. The van der Waals surface area contributed by atoms with E-state index in [1.807, 2.05) is 6.07 Å². The average Bonchev–Trinajstić information content (AvgIpc) is 3.85. The molecule has 0 saturated carbocycles. The quantitative estimate of drug-likeness (QED) is 0.176. The van der Waals surface area contributed by atoms with Crippen LogP contribution in [0.1, 0.15) is 29.7 Å². The van der Waals surface area contributed by atoms with Crippen LogP contribution in [0, 0.1) is 0 Å². The lowest BCUT2D eigenvalue weighted by Crippen LogP contribution is -2.56. The molecule has 2 unspecified atom stereocenters. The fourth-order valence-corrected chi connectivity index (χ4v) is 8.38. The first kappa shape index (κ1) is 28.6. The summed E-state index contributed by atoms with van der Waals surface area (Å²) >= 11 is 0. The van der Waals surface area contributed by atoms with E-state index in [9.17, 15) is 0 Å². The van der Waals surface area contributed by atoms with Crippen LogP contribution in [-0.2, 0) is 0 Å². The Bertz CT molecular complexity index is 2860. The van der Waals surface area contributed by atoms with Crippen molar-refractivity contribution in [2.24, 2.45) is 0 Å². The first-order valence-corrected chi connectivity index (χ1v) is 17.5. The van der Waals surface area contributed by atoms with Crippen molar-refractivity contribution in [3.05, 3.63) is 175 Å². The van der Waals surface area contributed by atoms with Crippen molar-refractivity contribution in [1.82, 2.24) is 25.1 Å². The van der Waals surface area contributed by atoms with Gasteiger partial charge in [-0.3, -0.25) is 16.0 Å². The normalized spacial score (nSPS) is 18.2. The van der Waals surface area contributed by atoms with E-state index < -0.39 is 0 Å². The van der Waals surface area contributed by atoms with Crippen LogP contribution >= 0.6 is 0 Å². The molecule has 1 fully saturated rings. The summed E-state index contributed by atoms with van der Waals surface area (Å²) in [6.07, 6.45) is -0.501. The molecule has 1 saturated heterocycles. The van der Waals surface area contributed by atoms with Crippen molar-refractivity contribution in [3.63, 3.8) is 0 Å². The highest BCUT2D eigenvalue weighted by molar-refractivity contribution is 6.26. The topological polar surface area (TPSA) is 59.1 Å². The van der Waals surface area contributed by atoms with Crippen molar-refractivity contribution in [2.45, 2.75) is 18.6 Å². The number of rotatable bonds is 4. The molecule has 244 valence electrons. The van der Waals surface area contributed by atoms with Gasteiger partial charge in [0.05, 0.1) is 39.8 Å². The number of hydrogen-bond donors (Lipinski definition) is 3. The summed E-state index contributed by atoms with van der Waals surface area (Å²) in [6.45, 7) is 0. The molecule has 4 heterocycles. The van der Waals surface area contributed by atoms with Gasteiger partial charge in [0, 0.05) is 32.6 Å². The van der Waals surface area contributed by atoms with E-state index in [0.717, 1.165) is 38.7 Å². The zero-order valence-electron chi connectivity index (χ0n) is 27.6. The van der Waals surface area contributed by atoms with Crippen molar-refractivity contribution >= 4 is 65.6 Å². The van der Waals surface area contributed by atoms with E-state index in [-0.39, 0.29) is 18.6 Å². The highest BCUT2D eigenvalue weighted by atomic mass is 16.3. The zero-order chi connectivity index (χ0) is 33.5. The van der Waals surface area contributed by atoms with Gasteiger partial charge in [-0.15, -0.1) is 0 Å². The summed E-state index contributed by atoms with van der Waals surface area (Å²) in [5.74, 6) is 0. The number of nitrogens with zero attached hydrogens (tertiary/aromatic N) is 2. The van der Waals surface area contributed by atoms with E-state index in [4.69, 9.17) is 4.42 Å². The smallest absolute Gasteiger partial charge is 0.142 e. The molecule has 51 heavy (non-hydrogen) atoms. The van der Waals surface area contributed by atoms with Gasteiger partial charge >= 0.3 is 0 Å². The molecule has 7 aromatic carbocycles. The van der Waals surface area contributed by atoms with Crippen LogP contribution in [0.25, 0.3) is 71.2 Å². The Balaban J connectivity index is 1.25. The highest BCUT2D eigenvalue weighted by Gasteiger charge is 2.32. The number of hydrogen-bond acceptors (Lipinski definition) is 4. The molecule has 11 rings (SSSR count). The third-order valence-corrected chi connectivity index (χ3v) is 10.6. The minimum absolute atomic E-state index is 0.112. The Morgan fingerprint density at radius 3 is 1.75 bits per heavy atom. The number of aromatic nitrogens is 2. The molecule has 10 aromatic rings. The van der Waals surface area contributed by atoms with Crippen molar-refractivity contribution in [3.8, 4) is 5.69 Å². The standard InChI is InChI=1S/C45H33N5O/c1-4-14-28(15-5-1)43-46-44(29-16-6-2-7-17-29)48-45(47-43)50-38-26-34-31-20-10-12-22-36(31)49(30-18-8-3-9-19-30)37(34)27-35(38)32-24-25-40-41(42(32)50)33-21-11-13-23-39(33)51-40/h1-27,43-48H. The van der Waals surface area contributed by atoms with Gasteiger partial charge in [0.15, 0.2) is 0 Å². The van der Waals surface area contributed by atoms with Crippen LogP contribution in [0.2, 0.25) is 0 Å². The summed E-state index contributed by atoms with van der Waals surface area (Å²) in [4.78, 5) is 0. The van der Waals surface area contributed by atoms with E-state index in [0.29, 0.717) is 0 Å². The molecule has 6 nitrogen and oxygen atoms in total. The van der Waals surface area contributed by atoms with E-state index >= 15 is 0 Å². The first-order valence-electron chi connectivity index (χ1n) is 17.5. The van der Waals surface area contributed by atoms with Gasteiger partial charge in [0.25, 0.3) is 0 Å². The van der Waals surface area contributed by atoms with Gasteiger partial charge in [0.1, 0.15) is 17.5 Å². The molecular formula is C45H33N5O. The fourth-order valence-electron chi connectivity index (χ4n) is 8.38. The Morgan fingerprint density at radius 2 is 1.02 bits per heavy atom. The summed E-state index contributed by atoms with van der Waals surface area (Å²) in [6, 6.07) is 58.3. The van der Waals surface area contributed by atoms with Crippen molar-refractivity contribution in [2.75, 3.05) is 0 Å². The predicted octanol–water partition coefficient (Wildman–Crippen LogP) is 10.4. The molecule has 0 radical (unpaired) electrons. The Morgan fingerprint density at radius 1 is 0.431 bits per heavy atom. The Labute approximate surface area is 293 Å². The monoisotopic (exact) mass is 659 g/mol. The molecule has 6 heteroatoms. The second-order valence-corrected chi connectivity index (χ2v) is 13.5. The van der Waals surface area contributed by atoms with Crippen LogP contribution in [0.15, 0.2) is 168 Å². The zero-order valence-corrected chi connectivity index (χ0v) is 27.6. The number of furan rings is 1. The fraction of sp³-hybridized carbons (Fsp3) is 0.0667. The SMILES string of the molecule is c1ccc(C2NC(c3ccccc3)NC(n3c4cc5c6ccccc6n(-c6ccccc6)c5cc4c4ccc5oc6ccccc6c5c43)N2)cc1. The van der Waals surface area contributed by atoms with Crippen LogP contribution < -0.4 is 16.0 Å². The average molecular weight is 660 g/mol. The van der Waals surface area contributed by atoms with Gasteiger partial charge in [0.2, 0.25) is 0 Å². The molecule has 1 aliphatic rings. The van der Waals surface area contributed by atoms with Gasteiger partial charge in [-0.05, 0) is 59.7 Å². The second kappa shape index (κ2) is 11.2. The predicted molar refractivity (Wildman–Crippen MR) is 208 cm³/mol. The lowest BCUT2D eigenvalue weighted by atomic mass is 10.1. The minimum atomic E-state index is -0.277. The Kier molecular flexibility index (Phi) is 6.27. The molecule has 0 bridgehead atoms. The van der Waals surface area contributed by atoms with Gasteiger partial charge in [-0.2, -0.15) is 0 Å². The lowest BCUT2D eigenvalue weighted by molar-refractivity contribution is 0.161. The lowest BCUT2D eigenvalue weighted by Gasteiger charge is -2.40. The largest absolute Gasteiger partial charge is 0.456 e. The van der Waals surface area contributed by atoms with Gasteiger partial charge < -0.3 is 13.6 Å². The van der Waals surface area contributed by atoms with Gasteiger partial charge in [-0.25, -0.2) is 0 Å². The van der Waals surface area contributed by atoms with E-state index in [1.165, 1.54) is 43.7 Å². The van der Waals surface area contributed by atoms with Crippen molar-refractivity contribution < 1.29 is 4.42 Å². The minimum Gasteiger partial charge on any atom is -0.456 e. The third kappa shape index (κ3) is 4.34. The maximum absolute atomic E-state index is 6.51. The first-order chi connectivity index (χ1) is 25.3. The maximum Gasteiger partial charge on any atom is 0.142 e. The van der Waals surface area contributed by atoms with E-state index in [1.54, 1.807) is 0 Å². The molecule has 0 aliphatic carbocycles. The summed E-state index contributed by atoms with van der Waals surface area (Å²) < 4.78 is 11.4. The van der Waals surface area contributed by atoms with Crippen LogP contribution in [0.3, 0.4) is 0 Å². The maximum atomic E-state index is 6.51. The van der Waals surface area contributed by atoms with Crippen LogP contribution in [-0.4, -0.2) is 9.13 Å². The molecule has 0 spiro atoms. The molecule has 3 aromatic heterocycles. The number of para-hydroxylation sites is 3. The number of benzene rings is 7. The van der Waals surface area contributed by atoms with Crippen LogP contribution in [0.5, 0.6) is 0 Å². The van der Waals surface area contributed by atoms with E-state index in [2.05, 4.69) is 183 Å². The number of fused-ring (bicyclic) bond motifs is 10. The molecule has 1 aliphatic heterocycles. The van der Waals surface area contributed by atoms with Crippen molar-refractivity contribution in [1.29, 1.82) is 0 Å². The second-order valence-electron chi connectivity index (χ2n) is 13.5. The molecule has 0 amide bonds. The third-order valence-electron chi connectivity index (χ3n) is 10.6. The summed E-state index contributed by atoms with van der Waals surface area (Å²) in [5.41, 5.74) is 9.93. The molecule has 2 atom stereocenters. The number of nitrogens with one attached hydrogen (secondary N) is 3. The summed E-state index contributed by atoms with van der Waals surface area (Å²) in [7, 11) is 0. The summed E-state index contributed by atoms with van der Waals surface area (Å²) in [5, 5.41) is 18.9. The Hall–Kier alpha value is -6.18. The molecule has 3 N–H and O–H groups in total. The van der Waals surface area contributed by atoms with Gasteiger partial charge in [-0.1, -0.05) is 115 Å². The van der Waals surface area contributed by atoms with Crippen LogP contribution in [0.4, 0.5) is 0 Å².